The molecule has 0 aliphatic rings. The van der Waals surface area contributed by atoms with E-state index in [-0.39, 0.29) is 11.1 Å². The van der Waals surface area contributed by atoms with Gasteiger partial charge in [0.15, 0.2) is 5.78 Å². The van der Waals surface area contributed by atoms with Gasteiger partial charge in [-0.1, -0.05) is 15.9 Å². The summed E-state index contributed by atoms with van der Waals surface area (Å²) in [5, 5.41) is 2.73. The lowest BCUT2D eigenvalue weighted by molar-refractivity contribution is 0.0635. The van der Waals surface area contributed by atoms with Crippen LogP contribution in [0.4, 0.5) is 10.6 Å². The molecule has 0 atom stereocenters. The molecule has 0 bridgehead atoms. The maximum atomic E-state index is 11.5. The zero-order valence-corrected chi connectivity index (χ0v) is 12.1. The van der Waals surface area contributed by atoms with Crippen molar-refractivity contribution in [3.8, 4) is 0 Å². The number of anilines is 1. The number of Topliss-reactive ketones (excluding diaryl/α,β-unsaturated/α-hetero) is 1. The second kappa shape index (κ2) is 5.95. The highest BCUT2D eigenvalue weighted by Crippen LogP contribution is 2.11. The summed E-state index contributed by atoms with van der Waals surface area (Å²) in [5.74, 6) is 0.279. The van der Waals surface area contributed by atoms with Gasteiger partial charge < -0.3 is 4.74 Å². The molecule has 0 aromatic carbocycles. The summed E-state index contributed by atoms with van der Waals surface area (Å²) < 4.78 is 5.08. The summed E-state index contributed by atoms with van der Waals surface area (Å²) >= 11 is 3.08. The number of hydrogen-bond donors (Lipinski definition) is 1. The highest BCUT2D eigenvalue weighted by Gasteiger charge is 2.16. The summed E-state index contributed by atoms with van der Waals surface area (Å²) in [6, 6.07) is 3.16. The van der Waals surface area contributed by atoms with E-state index in [0.717, 1.165) is 0 Å². The SMILES string of the molecule is CC(C)(C)OC(=O)Nc1ccc(C(=O)CBr)cn1. The Hall–Kier alpha value is -1.43. The second-order valence-electron chi connectivity index (χ2n) is 4.62. The van der Waals surface area contributed by atoms with Crippen molar-refractivity contribution in [1.82, 2.24) is 4.98 Å². The Bertz CT molecular complexity index is 438. The summed E-state index contributed by atoms with van der Waals surface area (Å²) in [7, 11) is 0. The number of nitrogens with zero attached hydrogens (tertiary/aromatic N) is 1. The molecule has 0 saturated heterocycles. The van der Waals surface area contributed by atoms with Gasteiger partial charge in [-0.15, -0.1) is 0 Å². The third-order valence-electron chi connectivity index (χ3n) is 1.84. The predicted molar refractivity (Wildman–Crippen MR) is 72.2 cm³/mol. The third-order valence-corrected chi connectivity index (χ3v) is 2.35. The van der Waals surface area contributed by atoms with Crippen molar-refractivity contribution in [3.05, 3.63) is 23.9 Å². The lowest BCUT2D eigenvalue weighted by atomic mass is 10.2. The van der Waals surface area contributed by atoms with E-state index in [1.54, 1.807) is 32.9 Å². The minimum Gasteiger partial charge on any atom is -0.444 e. The van der Waals surface area contributed by atoms with Crippen LogP contribution in [0.5, 0.6) is 0 Å². The van der Waals surface area contributed by atoms with Crippen molar-refractivity contribution >= 4 is 33.6 Å². The summed E-state index contributed by atoms with van der Waals surface area (Å²) in [4.78, 5) is 26.8. The van der Waals surface area contributed by atoms with Crippen LogP contribution in [-0.2, 0) is 4.74 Å². The van der Waals surface area contributed by atoms with Gasteiger partial charge in [-0.05, 0) is 32.9 Å². The number of ether oxygens (including phenoxy) is 1. The van der Waals surface area contributed by atoms with Gasteiger partial charge in [0.25, 0.3) is 0 Å². The maximum Gasteiger partial charge on any atom is 0.413 e. The van der Waals surface area contributed by atoms with Crippen LogP contribution in [0.1, 0.15) is 31.1 Å². The number of carbonyl (C=O) groups is 2. The van der Waals surface area contributed by atoms with E-state index < -0.39 is 11.7 Å². The summed E-state index contributed by atoms with van der Waals surface area (Å²) in [6.45, 7) is 5.33. The first-order valence-corrected chi connectivity index (χ1v) is 6.49. The Morgan fingerprint density at radius 3 is 2.50 bits per heavy atom. The van der Waals surface area contributed by atoms with Crippen LogP contribution >= 0.6 is 15.9 Å². The number of rotatable bonds is 3. The van der Waals surface area contributed by atoms with Crippen LogP contribution in [0.3, 0.4) is 0 Å². The number of amides is 1. The first kappa shape index (κ1) is 14.6. The number of alkyl halides is 1. The van der Waals surface area contributed by atoms with Crippen LogP contribution in [0.25, 0.3) is 0 Å². The van der Waals surface area contributed by atoms with Crippen LogP contribution in [0.15, 0.2) is 18.3 Å². The fraction of sp³-hybridized carbons (Fsp3) is 0.417. The summed E-state index contributed by atoms with van der Waals surface area (Å²) in [6.07, 6.45) is 0.839. The summed E-state index contributed by atoms with van der Waals surface area (Å²) in [5.41, 5.74) is -0.0720. The topological polar surface area (TPSA) is 68.3 Å². The maximum absolute atomic E-state index is 11.5. The number of hydrogen-bond acceptors (Lipinski definition) is 4. The molecule has 1 aromatic rings. The third kappa shape index (κ3) is 4.83. The molecule has 1 aromatic heterocycles. The van der Waals surface area contributed by atoms with E-state index in [1.165, 1.54) is 6.20 Å². The molecule has 0 unspecified atom stereocenters. The average molecular weight is 315 g/mol. The standard InChI is InChI=1S/C12H15BrN2O3/c1-12(2,3)18-11(17)15-10-5-4-8(7-14-10)9(16)6-13/h4-5,7H,6H2,1-3H3,(H,14,15,17). The van der Waals surface area contributed by atoms with E-state index in [0.29, 0.717) is 11.4 Å². The molecule has 1 rings (SSSR count). The van der Waals surface area contributed by atoms with Crippen molar-refractivity contribution in [2.75, 3.05) is 10.6 Å². The molecule has 0 fully saturated rings. The van der Waals surface area contributed by atoms with Crippen molar-refractivity contribution in [2.45, 2.75) is 26.4 Å². The van der Waals surface area contributed by atoms with Gasteiger partial charge in [0, 0.05) is 11.8 Å². The molecule has 5 nitrogen and oxygen atoms in total. The van der Waals surface area contributed by atoms with Gasteiger partial charge in [0.2, 0.25) is 0 Å². The van der Waals surface area contributed by atoms with Crippen molar-refractivity contribution in [2.24, 2.45) is 0 Å². The van der Waals surface area contributed by atoms with E-state index >= 15 is 0 Å². The lowest BCUT2D eigenvalue weighted by Gasteiger charge is -2.19. The molecule has 18 heavy (non-hydrogen) atoms. The Kier molecular flexibility index (Phi) is 4.84. The normalized spacial score (nSPS) is 10.9. The smallest absolute Gasteiger partial charge is 0.413 e. The van der Waals surface area contributed by atoms with Gasteiger partial charge in [0.1, 0.15) is 11.4 Å². The lowest BCUT2D eigenvalue weighted by Crippen LogP contribution is -2.27. The van der Waals surface area contributed by atoms with Gasteiger partial charge in [-0.2, -0.15) is 0 Å². The number of ketones is 1. The fourth-order valence-electron chi connectivity index (χ4n) is 1.12. The monoisotopic (exact) mass is 314 g/mol. The van der Waals surface area contributed by atoms with Crippen molar-refractivity contribution < 1.29 is 14.3 Å². The molecule has 1 amide bonds. The number of nitrogens with one attached hydrogen (secondary N) is 1. The molecule has 1 N–H and O–H groups in total. The quantitative estimate of drug-likeness (QED) is 0.688. The number of carbonyl (C=O) groups excluding carboxylic acids is 2. The van der Waals surface area contributed by atoms with Gasteiger partial charge in [0.05, 0.1) is 5.33 Å². The minimum atomic E-state index is -0.574. The number of pyridine rings is 1. The van der Waals surface area contributed by atoms with E-state index in [2.05, 4.69) is 26.2 Å². The van der Waals surface area contributed by atoms with Crippen molar-refractivity contribution in [3.63, 3.8) is 0 Å². The van der Waals surface area contributed by atoms with Crippen LogP contribution in [-0.4, -0.2) is 27.8 Å². The highest BCUT2D eigenvalue weighted by molar-refractivity contribution is 9.09. The molecule has 0 radical (unpaired) electrons. The zero-order valence-electron chi connectivity index (χ0n) is 10.5. The molecule has 0 spiro atoms. The molecule has 0 aliphatic carbocycles. The van der Waals surface area contributed by atoms with Gasteiger partial charge in [-0.3, -0.25) is 10.1 Å². The number of halogens is 1. The van der Waals surface area contributed by atoms with Crippen molar-refractivity contribution in [1.29, 1.82) is 0 Å². The first-order valence-electron chi connectivity index (χ1n) is 5.37. The van der Waals surface area contributed by atoms with E-state index in [9.17, 15) is 9.59 Å². The molecule has 0 saturated carbocycles. The molecule has 98 valence electrons. The largest absolute Gasteiger partial charge is 0.444 e. The van der Waals surface area contributed by atoms with E-state index in [1.807, 2.05) is 0 Å². The van der Waals surface area contributed by atoms with Crippen LogP contribution in [0.2, 0.25) is 0 Å². The van der Waals surface area contributed by atoms with E-state index in [4.69, 9.17) is 4.74 Å². The Morgan fingerprint density at radius 1 is 1.39 bits per heavy atom. The molecule has 0 aliphatic heterocycles. The first-order chi connectivity index (χ1) is 8.31. The van der Waals surface area contributed by atoms with Crippen LogP contribution < -0.4 is 5.32 Å². The predicted octanol–water partition coefficient (Wildman–Crippen LogP) is 3.01. The minimum absolute atomic E-state index is 0.0636. The molecular weight excluding hydrogens is 300 g/mol. The average Bonchev–Trinajstić information content (AvgIpc) is 2.26. The second-order valence-corrected chi connectivity index (χ2v) is 5.18. The molecule has 6 heteroatoms. The fourth-order valence-corrected chi connectivity index (χ4v) is 1.44. The zero-order chi connectivity index (χ0) is 13.8. The van der Waals surface area contributed by atoms with Gasteiger partial charge >= 0.3 is 6.09 Å². The Labute approximate surface area is 114 Å². The number of aromatic nitrogens is 1. The Balaban J connectivity index is 2.64. The molecular formula is C12H15BrN2O3. The van der Waals surface area contributed by atoms with Gasteiger partial charge in [-0.25, -0.2) is 9.78 Å². The highest BCUT2D eigenvalue weighted by atomic mass is 79.9. The Morgan fingerprint density at radius 2 is 2.06 bits per heavy atom. The van der Waals surface area contributed by atoms with Crippen LogP contribution in [0, 0.1) is 0 Å². The molecule has 1 heterocycles.